The highest BCUT2D eigenvalue weighted by Gasteiger charge is 2.46. The monoisotopic (exact) mass is 274 g/mol. The minimum absolute atomic E-state index is 0. The van der Waals surface area contributed by atoms with Gasteiger partial charge >= 0.3 is 0 Å². The normalized spacial score (nSPS) is 30.4. The number of hydrogen-bond donors (Lipinski definition) is 1. The molecule has 2 fully saturated rings. The summed E-state index contributed by atoms with van der Waals surface area (Å²) < 4.78 is 0. The summed E-state index contributed by atoms with van der Waals surface area (Å²) in [5.74, 6) is 0.942. The first-order valence-electron chi connectivity index (χ1n) is 6.96. The quantitative estimate of drug-likeness (QED) is 0.856. The van der Waals surface area contributed by atoms with Crippen molar-refractivity contribution in [1.29, 1.82) is 0 Å². The summed E-state index contributed by atoms with van der Waals surface area (Å²) in [6.45, 7) is 5.14. The molecular formula is C14H27ClN2O. The first-order valence-corrected chi connectivity index (χ1v) is 6.96. The van der Waals surface area contributed by atoms with Crippen LogP contribution in [0.2, 0.25) is 0 Å². The Bertz CT molecular complexity index is 304. The van der Waals surface area contributed by atoms with Gasteiger partial charge in [0.05, 0.1) is 0 Å². The standard InChI is InChI=1S/C14H26N2O.ClH/c1-10(14(2)7-8-14)16(3)13(17)12-6-4-5-11(12)9-15;/h10-12H,4-9,15H2,1-3H3;1H/t10?,11-,12-;/m1./s1. The Balaban J connectivity index is 0.00000162. The van der Waals surface area contributed by atoms with Crippen LogP contribution in [0.25, 0.3) is 0 Å². The van der Waals surface area contributed by atoms with Crippen LogP contribution in [-0.2, 0) is 4.79 Å². The third kappa shape index (κ3) is 2.83. The van der Waals surface area contributed by atoms with Gasteiger partial charge in [0, 0.05) is 19.0 Å². The van der Waals surface area contributed by atoms with Crippen molar-refractivity contribution in [2.45, 2.75) is 52.0 Å². The molecule has 3 nitrogen and oxygen atoms in total. The molecule has 2 saturated carbocycles. The van der Waals surface area contributed by atoms with E-state index < -0.39 is 0 Å². The smallest absolute Gasteiger partial charge is 0.226 e. The number of nitrogens with zero attached hydrogens (tertiary/aromatic N) is 1. The van der Waals surface area contributed by atoms with Gasteiger partial charge in [-0.2, -0.15) is 0 Å². The molecule has 0 bridgehead atoms. The van der Waals surface area contributed by atoms with Gasteiger partial charge in [-0.05, 0) is 50.5 Å². The molecule has 3 atom stereocenters. The fraction of sp³-hybridized carbons (Fsp3) is 0.929. The maximum atomic E-state index is 12.5. The fourth-order valence-electron chi connectivity index (χ4n) is 3.18. The number of hydrogen-bond acceptors (Lipinski definition) is 2. The third-order valence-electron chi connectivity index (χ3n) is 5.25. The van der Waals surface area contributed by atoms with Crippen LogP contribution in [0.4, 0.5) is 0 Å². The maximum absolute atomic E-state index is 12.5. The van der Waals surface area contributed by atoms with Gasteiger partial charge in [-0.1, -0.05) is 13.3 Å². The van der Waals surface area contributed by atoms with E-state index in [1.54, 1.807) is 0 Å². The molecule has 106 valence electrons. The Labute approximate surface area is 117 Å². The average Bonchev–Trinajstić information content (AvgIpc) is 2.92. The van der Waals surface area contributed by atoms with Crippen molar-refractivity contribution in [1.82, 2.24) is 4.90 Å². The number of nitrogens with two attached hydrogens (primary N) is 1. The second-order valence-electron chi connectivity index (χ2n) is 6.31. The summed E-state index contributed by atoms with van der Waals surface area (Å²) >= 11 is 0. The molecule has 0 aromatic rings. The van der Waals surface area contributed by atoms with Crippen LogP contribution in [-0.4, -0.2) is 30.4 Å². The highest BCUT2D eigenvalue weighted by atomic mass is 35.5. The first kappa shape index (κ1) is 15.8. The van der Waals surface area contributed by atoms with Crippen molar-refractivity contribution in [2.24, 2.45) is 23.0 Å². The molecule has 0 spiro atoms. The number of amides is 1. The van der Waals surface area contributed by atoms with Crippen LogP contribution in [0.3, 0.4) is 0 Å². The molecule has 0 aliphatic heterocycles. The minimum atomic E-state index is 0. The van der Waals surface area contributed by atoms with Crippen LogP contribution >= 0.6 is 12.4 Å². The molecule has 0 radical (unpaired) electrons. The highest BCUT2D eigenvalue weighted by Crippen LogP contribution is 2.50. The lowest BCUT2D eigenvalue weighted by Gasteiger charge is -2.33. The van der Waals surface area contributed by atoms with E-state index in [0.717, 1.165) is 19.3 Å². The van der Waals surface area contributed by atoms with Crippen molar-refractivity contribution >= 4 is 18.3 Å². The van der Waals surface area contributed by atoms with Crippen LogP contribution in [0, 0.1) is 17.3 Å². The van der Waals surface area contributed by atoms with Crippen molar-refractivity contribution < 1.29 is 4.79 Å². The molecule has 2 aliphatic rings. The highest BCUT2D eigenvalue weighted by molar-refractivity contribution is 5.85. The van der Waals surface area contributed by atoms with Gasteiger partial charge in [-0.25, -0.2) is 0 Å². The first-order chi connectivity index (χ1) is 7.99. The zero-order valence-electron chi connectivity index (χ0n) is 11.8. The van der Waals surface area contributed by atoms with E-state index in [-0.39, 0.29) is 18.3 Å². The summed E-state index contributed by atoms with van der Waals surface area (Å²) in [5.41, 5.74) is 6.14. The van der Waals surface area contributed by atoms with Gasteiger partial charge in [0.15, 0.2) is 0 Å². The topological polar surface area (TPSA) is 46.3 Å². The number of carbonyl (C=O) groups is 1. The summed E-state index contributed by atoms with van der Waals surface area (Å²) in [6.07, 6.45) is 5.85. The molecule has 18 heavy (non-hydrogen) atoms. The van der Waals surface area contributed by atoms with E-state index in [1.165, 1.54) is 12.8 Å². The van der Waals surface area contributed by atoms with E-state index in [1.807, 2.05) is 11.9 Å². The Morgan fingerprint density at radius 3 is 2.56 bits per heavy atom. The average molecular weight is 275 g/mol. The largest absolute Gasteiger partial charge is 0.342 e. The maximum Gasteiger partial charge on any atom is 0.226 e. The Morgan fingerprint density at radius 2 is 2.06 bits per heavy atom. The zero-order chi connectivity index (χ0) is 12.6. The van der Waals surface area contributed by atoms with Gasteiger partial charge in [0.1, 0.15) is 0 Å². The molecule has 2 N–H and O–H groups in total. The minimum Gasteiger partial charge on any atom is -0.342 e. The summed E-state index contributed by atoms with van der Waals surface area (Å²) in [7, 11) is 1.97. The summed E-state index contributed by atoms with van der Waals surface area (Å²) in [4.78, 5) is 14.5. The number of carbonyl (C=O) groups excluding carboxylic acids is 1. The van der Waals surface area contributed by atoms with Gasteiger partial charge in [0.25, 0.3) is 0 Å². The van der Waals surface area contributed by atoms with Gasteiger partial charge in [-0.15, -0.1) is 12.4 Å². The molecule has 1 amide bonds. The van der Waals surface area contributed by atoms with E-state index in [9.17, 15) is 4.79 Å². The molecular weight excluding hydrogens is 248 g/mol. The Kier molecular flexibility index (Phi) is 5.07. The third-order valence-corrected chi connectivity index (χ3v) is 5.25. The van der Waals surface area contributed by atoms with Crippen molar-refractivity contribution in [3.05, 3.63) is 0 Å². The fourth-order valence-corrected chi connectivity index (χ4v) is 3.18. The van der Waals surface area contributed by atoms with Gasteiger partial charge in [-0.3, -0.25) is 4.79 Å². The number of rotatable bonds is 4. The van der Waals surface area contributed by atoms with E-state index in [0.29, 0.717) is 29.8 Å². The lowest BCUT2D eigenvalue weighted by molar-refractivity contribution is -0.138. The molecule has 0 heterocycles. The predicted octanol–water partition coefficient (Wildman–Crippen LogP) is 2.43. The van der Waals surface area contributed by atoms with Crippen LogP contribution in [0.15, 0.2) is 0 Å². The molecule has 4 heteroatoms. The number of halogens is 1. The molecule has 1 unspecified atom stereocenters. The van der Waals surface area contributed by atoms with Crippen LogP contribution < -0.4 is 5.73 Å². The second kappa shape index (κ2) is 5.79. The zero-order valence-corrected chi connectivity index (χ0v) is 12.6. The van der Waals surface area contributed by atoms with Crippen molar-refractivity contribution in [2.75, 3.05) is 13.6 Å². The van der Waals surface area contributed by atoms with Crippen LogP contribution in [0.5, 0.6) is 0 Å². The van der Waals surface area contributed by atoms with Crippen molar-refractivity contribution in [3.63, 3.8) is 0 Å². The van der Waals surface area contributed by atoms with Gasteiger partial charge in [0.2, 0.25) is 5.91 Å². The van der Waals surface area contributed by atoms with Crippen LogP contribution in [0.1, 0.15) is 46.0 Å². The summed E-state index contributed by atoms with van der Waals surface area (Å²) in [6, 6.07) is 0.369. The second-order valence-corrected chi connectivity index (χ2v) is 6.31. The predicted molar refractivity (Wildman–Crippen MR) is 76.7 cm³/mol. The Morgan fingerprint density at radius 1 is 1.44 bits per heavy atom. The van der Waals surface area contributed by atoms with E-state index >= 15 is 0 Å². The molecule has 0 aromatic carbocycles. The molecule has 2 rings (SSSR count). The molecule has 0 aromatic heterocycles. The lowest BCUT2D eigenvalue weighted by Crippen LogP contribution is -2.44. The lowest BCUT2D eigenvalue weighted by atomic mass is 9.92. The van der Waals surface area contributed by atoms with E-state index in [2.05, 4.69) is 13.8 Å². The molecule has 2 aliphatic carbocycles. The van der Waals surface area contributed by atoms with Crippen molar-refractivity contribution in [3.8, 4) is 0 Å². The van der Waals surface area contributed by atoms with Gasteiger partial charge < -0.3 is 10.6 Å². The van der Waals surface area contributed by atoms with E-state index in [4.69, 9.17) is 5.73 Å². The molecule has 0 saturated heterocycles. The Hall–Kier alpha value is -0.280. The SMILES string of the molecule is CC(N(C)C(=O)[C@@H]1CCC[C@@H]1CN)C1(C)CC1.Cl. The summed E-state index contributed by atoms with van der Waals surface area (Å²) in [5, 5.41) is 0.